The van der Waals surface area contributed by atoms with E-state index in [4.69, 9.17) is 0 Å². The van der Waals surface area contributed by atoms with Crippen molar-refractivity contribution in [3.05, 3.63) is 34.1 Å². The molecule has 1 saturated heterocycles. The molecule has 4 nitrogen and oxygen atoms in total. The Bertz CT molecular complexity index is 536. The molecule has 1 heterocycles. The van der Waals surface area contributed by atoms with Gasteiger partial charge < -0.3 is 9.80 Å². The summed E-state index contributed by atoms with van der Waals surface area (Å²) in [4.78, 5) is 27.0. The average Bonchev–Trinajstić information content (AvgIpc) is 2.42. The molecule has 0 aromatic heterocycles. The number of nitrogens with zero attached hydrogens (tertiary/aromatic N) is 2. The number of carbonyl (C=O) groups is 2. The summed E-state index contributed by atoms with van der Waals surface area (Å²) in [6.45, 7) is 3.98. The van der Waals surface area contributed by atoms with Gasteiger partial charge in [-0.2, -0.15) is 0 Å². The van der Waals surface area contributed by atoms with Crippen LogP contribution in [0.25, 0.3) is 0 Å². The van der Waals surface area contributed by atoms with Crippen LogP contribution in [0.15, 0.2) is 22.7 Å². The number of halogens is 2. The Hall–Kier alpha value is -1.43. The largest absolute Gasteiger partial charge is 0.333 e. The number of carbonyl (C=O) groups excluding carboxylic acids is 2. The first-order chi connectivity index (χ1) is 9.52. The van der Waals surface area contributed by atoms with Crippen molar-refractivity contribution in [1.29, 1.82) is 0 Å². The molecule has 108 valence electrons. The topological polar surface area (TPSA) is 40.6 Å². The van der Waals surface area contributed by atoms with Gasteiger partial charge in [-0.05, 0) is 40.0 Å². The molecule has 0 aliphatic carbocycles. The van der Waals surface area contributed by atoms with Crippen molar-refractivity contribution in [2.24, 2.45) is 0 Å². The maximum Gasteiger partial charge on any atom is 0.312 e. The van der Waals surface area contributed by atoms with Gasteiger partial charge in [0.1, 0.15) is 5.82 Å². The minimum atomic E-state index is -0.481. The lowest BCUT2D eigenvalue weighted by Crippen LogP contribution is -2.53. The molecule has 0 bridgehead atoms. The molecule has 0 saturated carbocycles. The third-order valence-corrected chi connectivity index (χ3v) is 3.86. The van der Waals surface area contributed by atoms with Crippen LogP contribution in [0.1, 0.15) is 18.9 Å². The Morgan fingerprint density at radius 1 is 1.20 bits per heavy atom. The number of hydrogen-bond donors (Lipinski definition) is 0. The van der Waals surface area contributed by atoms with Crippen LogP contribution >= 0.6 is 15.9 Å². The lowest BCUT2D eigenvalue weighted by atomic mass is 10.2. The Kier molecular flexibility index (Phi) is 4.75. The van der Waals surface area contributed by atoms with Gasteiger partial charge >= 0.3 is 11.8 Å². The highest BCUT2D eigenvalue weighted by Gasteiger charge is 2.31. The van der Waals surface area contributed by atoms with E-state index in [1.54, 1.807) is 17.0 Å². The molecule has 6 heteroatoms. The second-order valence-corrected chi connectivity index (χ2v) is 5.62. The van der Waals surface area contributed by atoms with Gasteiger partial charge in [0.05, 0.1) is 4.47 Å². The third-order valence-electron chi connectivity index (χ3n) is 3.25. The van der Waals surface area contributed by atoms with Crippen LogP contribution in [0.2, 0.25) is 0 Å². The van der Waals surface area contributed by atoms with Gasteiger partial charge in [0.15, 0.2) is 0 Å². The standard InChI is InChI=1S/C14H16BrFN2O2/c1-2-5-17-6-7-18(14(20)13(17)19)9-10-3-4-12(16)11(15)8-10/h3-4,8H,2,5-7,9H2,1H3. The molecular weight excluding hydrogens is 327 g/mol. The minimum absolute atomic E-state index is 0.323. The lowest BCUT2D eigenvalue weighted by Gasteiger charge is -2.33. The molecule has 1 aromatic rings. The number of amides is 2. The normalized spacial score (nSPS) is 15.9. The first kappa shape index (κ1) is 15.0. The van der Waals surface area contributed by atoms with Gasteiger partial charge in [0.25, 0.3) is 0 Å². The van der Waals surface area contributed by atoms with E-state index in [-0.39, 0.29) is 5.82 Å². The van der Waals surface area contributed by atoms with Crippen molar-refractivity contribution >= 4 is 27.7 Å². The quantitative estimate of drug-likeness (QED) is 0.787. The summed E-state index contributed by atoms with van der Waals surface area (Å²) in [5.74, 6) is -1.27. The van der Waals surface area contributed by atoms with Gasteiger partial charge in [-0.3, -0.25) is 9.59 Å². The number of rotatable bonds is 4. The highest BCUT2D eigenvalue weighted by atomic mass is 79.9. The molecule has 0 spiro atoms. The van der Waals surface area contributed by atoms with Gasteiger partial charge in [-0.15, -0.1) is 0 Å². The number of hydrogen-bond acceptors (Lipinski definition) is 2. The van der Waals surface area contributed by atoms with Gasteiger partial charge in [0, 0.05) is 26.2 Å². The summed E-state index contributed by atoms with van der Waals surface area (Å²) in [6, 6.07) is 4.60. The van der Waals surface area contributed by atoms with Crippen molar-refractivity contribution < 1.29 is 14.0 Å². The highest BCUT2D eigenvalue weighted by Crippen LogP contribution is 2.19. The Morgan fingerprint density at radius 2 is 1.85 bits per heavy atom. The first-order valence-corrected chi connectivity index (χ1v) is 7.34. The highest BCUT2D eigenvalue weighted by molar-refractivity contribution is 9.10. The zero-order valence-corrected chi connectivity index (χ0v) is 12.8. The first-order valence-electron chi connectivity index (χ1n) is 6.55. The maximum absolute atomic E-state index is 13.2. The Balaban J connectivity index is 2.05. The fourth-order valence-corrected chi connectivity index (χ4v) is 2.63. The second kappa shape index (κ2) is 6.35. The van der Waals surface area contributed by atoms with Crippen molar-refractivity contribution in [3.8, 4) is 0 Å². The summed E-state index contributed by atoms with van der Waals surface area (Å²) in [7, 11) is 0. The number of benzene rings is 1. The van der Waals surface area contributed by atoms with Crippen LogP contribution in [0.3, 0.4) is 0 Å². The Morgan fingerprint density at radius 3 is 2.50 bits per heavy atom. The van der Waals surface area contributed by atoms with E-state index in [1.807, 2.05) is 6.92 Å². The van der Waals surface area contributed by atoms with E-state index >= 15 is 0 Å². The average molecular weight is 343 g/mol. The van der Waals surface area contributed by atoms with E-state index in [0.717, 1.165) is 12.0 Å². The summed E-state index contributed by atoms with van der Waals surface area (Å²) < 4.78 is 13.5. The molecule has 2 amide bonds. The van der Waals surface area contributed by atoms with Crippen LogP contribution in [0.4, 0.5) is 4.39 Å². The molecule has 1 fully saturated rings. The predicted molar refractivity (Wildman–Crippen MR) is 76.4 cm³/mol. The fourth-order valence-electron chi connectivity index (χ4n) is 2.21. The SMILES string of the molecule is CCCN1CCN(Cc2ccc(F)c(Br)c2)C(=O)C1=O. The van der Waals surface area contributed by atoms with E-state index in [9.17, 15) is 14.0 Å². The monoisotopic (exact) mass is 342 g/mol. The van der Waals surface area contributed by atoms with Crippen LogP contribution in [0.5, 0.6) is 0 Å². The zero-order chi connectivity index (χ0) is 14.7. The zero-order valence-electron chi connectivity index (χ0n) is 11.2. The van der Waals surface area contributed by atoms with Crippen molar-refractivity contribution in [3.63, 3.8) is 0 Å². The summed E-state index contributed by atoms with van der Waals surface area (Å²) >= 11 is 3.11. The van der Waals surface area contributed by atoms with E-state index < -0.39 is 11.8 Å². The molecule has 1 aliphatic heterocycles. The summed E-state index contributed by atoms with van der Waals surface area (Å²) in [6.07, 6.45) is 0.837. The number of piperazine rings is 1. The van der Waals surface area contributed by atoms with Crippen molar-refractivity contribution in [1.82, 2.24) is 9.80 Å². The predicted octanol–water partition coefficient (Wildman–Crippen LogP) is 2.17. The molecule has 1 aliphatic rings. The summed E-state index contributed by atoms with van der Waals surface area (Å²) in [5, 5.41) is 0. The third kappa shape index (κ3) is 3.17. The Labute approximate surface area is 125 Å². The molecule has 0 N–H and O–H groups in total. The van der Waals surface area contributed by atoms with Crippen LogP contribution in [-0.4, -0.2) is 41.2 Å². The molecule has 2 rings (SSSR count). The molecule has 1 aromatic carbocycles. The lowest BCUT2D eigenvalue weighted by molar-refractivity contribution is -0.156. The molecular formula is C14H16BrFN2O2. The van der Waals surface area contributed by atoms with Crippen LogP contribution < -0.4 is 0 Å². The second-order valence-electron chi connectivity index (χ2n) is 4.77. The minimum Gasteiger partial charge on any atom is -0.333 e. The van der Waals surface area contributed by atoms with Crippen molar-refractivity contribution in [2.45, 2.75) is 19.9 Å². The van der Waals surface area contributed by atoms with E-state index in [2.05, 4.69) is 15.9 Å². The van der Waals surface area contributed by atoms with E-state index in [0.29, 0.717) is 30.7 Å². The maximum atomic E-state index is 13.2. The summed E-state index contributed by atoms with van der Waals surface area (Å²) in [5.41, 5.74) is 0.795. The van der Waals surface area contributed by atoms with Crippen molar-refractivity contribution in [2.75, 3.05) is 19.6 Å². The molecule has 20 heavy (non-hydrogen) atoms. The molecule has 0 unspecified atom stereocenters. The fraction of sp³-hybridized carbons (Fsp3) is 0.429. The molecule has 0 atom stereocenters. The van der Waals surface area contributed by atoms with Crippen LogP contribution in [-0.2, 0) is 16.1 Å². The van der Waals surface area contributed by atoms with E-state index in [1.165, 1.54) is 11.0 Å². The van der Waals surface area contributed by atoms with Crippen LogP contribution in [0, 0.1) is 5.82 Å². The van der Waals surface area contributed by atoms with Gasteiger partial charge in [0.2, 0.25) is 0 Å². The smallest absolute Gasteiger partial charge is 0.312 e. The molecule has 0 radical (unpaired) electrons. The van der Waals surface area contributed by atoms with Gasteiger partial charge in [-0.25, -0.2) is 4.39 Å². The van der Waals surface area contributed by atoms with Gasteiger partial charge in [-0.1, -0.05) is 13.0 Å².